The lowest BCUT2D eigenvalue weighted by Crippen LogP contribution is -2.49. The second kappa shape index (κ2) is 7.71. The van der Waals surface area contributed by atoms with Crippen LogP contribution in [0.5, 0.6) is 0 Å². The lowest BCUT2D eigenvalue weighted by molar-refractivity contribution is -0.141. The van der Waals surface area contributed by atoms with Crippen LogP contribution in [0.25, 0.3) is 0 Å². The van der Waals surface area contributed by atoms with E-state index in [0.717, 1.165) is 26.2 Å². The summed E-state index contributed by atoms with van der Waals surface area (Å²) >= 11 is 0. The average molecular weight is 258 g/mol. The van der Waals surface area contributed by atoms with E-state index >= 15 is 0 Å². The van der Waals surface area contributed by atoms with E-state index in [4.69, 9.17) is 4.74 Å². The van der Waals surface area contributed by atoms with Gasteiger partial charge in [0.1, 0.15) is 0 Å². The highest BCUT2D eigenvalue weighted by Crippen LogP contribution is 2.09. The van der Waals surface area contributed by atoms with Gasteiger partial charge in [0, 0.05) is 32.2 Å². The number of methoxy groups -OCH3 is 1. The molecule has 5 heteroatoms. The van der Waals surface area contributed by atoms with Crippen LogP contribution in [0.1, 0.15) is 20.3 Å². The highest BCUT2D eigenvalue weighted by atomic mass is 16.5. The molecule has 0 radical (unpaired) electrons. The smallest absolute Gasteiger partial charge is 0.306 e. The monoisotopic (exact) mass is 258 g/mol. The number of carbonyl (C=O) groups is 1. The van der Waals surface area contributed by atoms with Gasteiger partial charge < -0.3 is 14.4 Å². The van der Waals surface area contributed by atoms with E-state index in [1.807, 2.05) is 7.05 Å². The van der Waals surface area contributed by atoms with E-state index in [1.165, 1.54) is 7.11 Å². The van der Waals surface area contributed by atoms with E-state index in [9.17, 15) is 4.79 Å². The molecule has 0 N–H and O–H groups in total. The van der Waals surface area contributed by atoms with Gasteiger partial charge in [0.15, 0.2) is 0 Å². The second-order valence-electron chi connectivity index (χ2n) is 5.17. The molecule has 0 aliphatic carbocycles. The minimum absolute atomic E-state index is 0.157. The number of ether oxygens (including phenoxy) is 2. The van der Waals surface area contributed by atoms with Gasteiger partial charge in [-0.1, -0.05) is 0 Å². The molecule has 1 unspecified atom stereocenters. The van der Waals surface area contributed by atoms with Gasteiger partial charge in [-0.05, 0) is 20.9 Å². The van der Waals surface area contributed by atoms with Crippen molar-refractivity contribution in [3.8, 4) is 0 Å². The Kier molecular flexibility index (Phi) is 6.60. The molecule has 0 aromatic rings. The van der Waals surface area contributed by atoms with E-state index in [2.05, 4.69) is 28.4 Å². The normalized spacial score (nSPS) is 21.6. The maximum atomic E-state index is 11.1. The average Bonchev–Trinajstić information content (AvgIpc) is 2.36. The van der Waals surface area contributed by atoms with Crippen molar-refractivity contribution in [3.05, 3.63) is 0 Å². The third kappa shape index (κ3) is 5.33. The first-order chi connectivity index (χ1) is 8.52. The molecule has 18 heavy (non-hydrogen) atoms. The van der Waals surface area contributed by atoms with Crippen LogP contribution in [0.3, 0.4) is 0 Å². The summed E-state index contributed by atoms with van der Waals surface area (Å²) in [4.78, 5) is 15.6. The fraction of sp³-hybridized carbons (Fsp3) is 0.923. The van der Waals surface area contributed by atoms with E-state index in [0.29, 0.717) is 19.0 Å². The van der Waals surface area contributed by atoms with Crippen molar-refractivity contribution < 1.29 is 14.3 Å². The van der Waals surface area contributed by atoms with E-state index < -0.39 is 0 Å². The van der Waals surface area contributed by atoms with E-state index in [1.54, 1.807) is 0 Å². The minimum Gasteiger partial charge on any atom is -0.469 e. The van der Waals surface area contributed by atoms with Crippen molar-refractivity contribution >= 4 is 5.97 Å². The molecule has 0 spiro atoms. The van der Waals surface area contributed by atoms with E-state index in [-0.39, 0.29) is 12.1 Å². The zero-order valence-electron chi connectivity index (χ0n) is 12.0. The fourth-order valence-corrected chi connectivity index (χ4v) is 2.14. The summed E-state index contributed by atoms with van der Waals surface area (Å²) in [5.41, 5.74) is 0. The predicted molar refractivity (Wildman–Crippen MR) is 70.6 cm³/mol. The van der Waals surface area contributed by atoms with Crippen LogP contribution in [0.4, 0.5) is 0 Å². The Balaban J connectivity index is 2.26. The SMILES string of the molecule is COC(=O)CCN(C)CC1CN(C(C)C)CCO1. The number of hydrogen-bond donors (Lipinski definition) is 0. The number of esters is 1. The summed E-state index contributed by atoms with van der Waals surface area (Å²) in [6.07, 6.45) is 0.678. The van der Waals surface area contributed by atoms with Crippen LogP contribution in [0.2, 0.25) is 0 Å². The Morgan fingerprint density at radius 3 is 2.89 bits per heavy atom. The van der Waals surface area contributed by atoms with Crippen LogP contribution in [-0.4, -0.2) is 74.9 Å². The summed E-state index contributed by atoms with van der Waals surface area (Å²) in [7, 11) is 3.44. The lowest BCUT2D eigenvalue weighted by atomic mass is 10.2. The van der Waals surface area contributed by atoms with Gasteiger partial charge in [0.25, 0.3) is 0 Å². The van der Waals surface area contributed by atoms with Crippen LogP contribution in [0.15, 0.2) is 0 Å². The van der Waals surface area contributed by atoms with Crippen molar-refractivity contribution in [1.82, 2.24) is 9.80 Å². The molecule has 0 aromatic heterocycles. The number of morpholine rings is 1. The van der Waals surface area contributed by atoms with Gasteiger partial charge in [0.05, 0.1) is 26.2 Å². The number of rotatable bonds is 6. The molecule has 1 atom stereocenters. The molecular formula is C13H26N2O3. The van der Waals surface area contributed by atoms with Crippen LogP contribution in [-0.2, 0) is 14.3 Å². The molecule has 5 nitrogen and oxygen atoms in total. The highest BCUT2D eigenvalue weighted by Gasteiger charge is 2.23. The summed E-state index contributed by atoms with van der Waals surface area (Å²) in [6, 6.07) is 0.566. The quantitative estimate of drug-likeness (QED) is 0.652. The highest BCUT2D eigenvalue weighted by molar-refractivity contribution is 5.69. The zero-order chi connectivity index (χ0) is 13.5. The summed E-state index contributed by atoms with van der Waals surface area (Å²) < 4.78 is 10.4. The maximum Gasteiger partial charge on any atom is 0.306 e. The molecule has 0 bridgehead atoms. The molecule has 1 heterocycles. The van der Waals surface area contributed by atoms with Crippen LogP contribution < -0.4 is 0 Å². The van der Waals surface area contributed by atoms with Crippen LogP contribution >= 0.6 is 0 Å². The van der Waals surface area contributed by atoms with Crippen molar-refractivity contribution in [2.24, 2.45) is 0 Å². The number of likely N-dealkylation sites (N-methyl/N-ethyl adjacent to an activating group) is 1. The molecule has 1 aliphatic rings. The largest absolute Gasteiger partial charge is 0.469 e. The Bertz CT molecular complexity index is 259. The molecule has 1 saturated heterocycles. The standard InChI is InChI=1S/C13H26N2O3/c1-11(2)15-7-8-18-12(10-15)9-14(3)6-5-13(16)17-4/h11-12H,5-10H2,1-4H3. The van der Waals surface area contributed by atoms with Gasteiger partial charge in [-0.3, -0.25) is 9.69 Å². The third-order valence-corrected chi connectivity index (χ3v) is 3.34. The molecule has 0 aromatic carbocycles. The Morgan fingerprint density at radius 2 is 2.28 bits per heavy atom. The molecular weight excluding hydrogens is 232 g/mol. The number of nitrogens with zero attached hydrogens (tertiary/aromatic N) is 2. The van der Waals surface area contributed by atoms with Crippen LogP contribution in [0, 0.1) is 0 Å². The van der Waals surface area contributed by atoms with Crippen molar-refractivity contribution in [1.29, 1.82) is 0 Å². The fourth-order valence-electron chi connectivity index (χ4n) is 2.14. The third-order valence-electron chi connectivity index (χ3n) is 3.34. The summed E-state index contributed by atoms with van der Waals surface area (Å²) in [5, 5.41) is 0. The molecule has 1 aliphatic heterocycles. The lowest BCUT2D eigenvalue weighted by Gasteiger charge is -2.37. The Hall–Kier alpha value is -0.650. The van der Waals surface area contributed by atoms with Crippen molar-refractivity contribution in [2.45, 2.75) is 32.4 Å². The molecule has 106 valence electrons. The van der Waals surface area contributed by atoms with Crippen molar-refractivity contribution in [3.63, 3.8) is 0 Å². The van der Waals surface area contributed by atoms with Gasteiger partial charge >= 0.3 is 5.97 Å². The number of hydrogen-bond acceptors (Lipinski definition) is 5. The zero-order valence-corrected chi connectivity index (χ0v) is 12.0. The molecule has 0 saturated carbocycles. The first-order valence-corrected chi connectivity index (χ1v) is 6.64. The van der Waals surface area contributed by atoms with Gasteiger partial charge in [-0.2, -0.15) is 0 Å². The number of carbonyl (C=O) groups excluding carboxylic acids is 1. The molecule has 0 amide bonds. The molecule has 1 fully saturated rings. The van der Waals surface area contributed by atoms with Gasteiger partial charge in [-0.25, -0.2) is 0 Å². The maximum absolute atomic E-state index is 11.1. The minimum atomic E-state index is -0.157. The van der Waals surface area contributed by atoms with Gasteiger partial charge in [0.2, 0.25) is 0 Å². The Labute approximate surface area is 110 Å². The topological polar surface area (TPSA) is 42.0 Å². The molecule has 1 rings (SSSR count). The predicted octanol–water partition coefficient (Wildman–Crippen LogP) is 0.591. The summed E-state index contributed by atoms with van der Waals surface area (Å²) in [6.45, 7) is 8.79. The first-order valence-electron chi connectivity index (χ1n) is 6.64. The summed E-state index contributed by atoms with van der Waals surface area (Å²) in [5.74, 6) is -0.157. The van der Waals surface area contributed by atoms with Gasteiger partial charge in [-0.15, -0.1) is 0 Å². The van der Waals surface area contributed by atoms with Crippen molar-refractivity contribution in [2.75, 3.05) is 46.9 Å². The first kappa shape index (κ1) is 15.4. The Morgan fingerprint density at radius 1 is 1.56 bits per heavy atom. The second-order valence-corrected chi connectivity index (χ2v) is 5.17.